The predicted octanol–water partition coefficient (Wildman–Crippen LogP) is 3.46. The molecule has 2 aromatic heterocycles. The van der Waals surface area contributed by atoms with Crippen molar-refractivity contribution in [2.24, 2.45) is 11.1 Å². The van der Waals surface area contributed by atoms with Crippen LogP contribution in [0, 0.1) is 5.41 Å². The highest BCUT2D eigenvalue weighted by Crippen LogP contribution is 2.42. The first-order chi connectivity index (χ1) is 19.8. The Morgan fingerprint density at radius 2 is 2.02 bits per heavy atom. The summed E-state index contributed by atoms with van der Waals surface area (Å²) in [6.07, 6.45) is 7.75. The van der Waals surface area contributed by atoms with Crippen LogP contribution in [0.3, 0.4) is 0 Å². The molecule has 4 N–H and O–H groups in total. The Hall–Kier alpha value is -3.19. The largest absolute Gasteiger partial charge is 0.493 e. The highest BCUT2D eigenvalue weighted by Gasteiger charge is 2.47. The Labute approximate surface area is 246 Å². The minimum atomic E-state index is -0.767. The van der Waals surface area contributed by atoms with E-state index < -0.39 is 22.9 Å². The molecule has 0 bridgehead atoms. The van der Waals surface area contributed by atoms with Crippen molar-refractivity contribution in [1.29, 1.82) is 0 Å². The average Bonchev–Trinajstić information content (AvgIpc) is 3.24. The second-order valence-electron chi connectivity index (χ2n) is 10.9. The Morgan fingerprint density at radius 3 is 2.73 bits per heavy atom. The van der Waals surface area contributed by atoms with Gasteiger partial charge in [0, 0.05) is 42.4 Å². The first-order valence-corrected chi connectivity index (χ1v) is 15.0. The number of rotatable bonds is 5. The molecule has 41 heavy (non-hydrogen) atoms. The number of nitrogens with one attached hydrogen (secondary N) is 1. The maximum atomic E-state index is 13.0. The number of aromatic hydroxyl groups is 1. The number of nitrogens with two attached hydrogens (primary N) is 1. The number of hydrogen-bond donors (Lipinski definition) is 3. The summed E-state index contributed by atoms with van der Waals surface area (Å²) in [5.41, 5.74) is 5.84. The van der Waals surface area contributed by atoms with Crippen molar-refractivity contribution in [3.8, 4) is 5.88 Å². The summed E-state index contributed by atoms with van der Waals surface area (Å²) < 4.78 is 7.28. The molecule has 1 spiro atoms. The molecule has 0 saturated carbocycles. The number of carbonyl (C=O) groups is 1. The number of halogens is 1. The van der Waals surface area contributed by atoms with Gasteiger partial charge >= 0.3 is 0 Å². The topological polar surface area (TPSA) is 148 Å². The van der Waals surface area contributed by atoms with E-state index in [0.717, 1.165) is 44.6 Å². The van der Waals surface area contributed by atoms with Gasteiger partial charge in [0.1, 0.15) is 16.7 Å². The predicted molar refractivity (Wildman–Crippen MR) is 156 cm³/mol. The number of hydrogen-bond acceptors (Lipinski definition) is 10. The van der Waals surface area contributed by atoms with Gasteiger partial charge in [-0.15, -0.1) is 0 Å². The third-order valence-corrected chi connectivity index (χ3v) is 9.96. The first kappa shape index (κ1) is 28.0. The highest BCUT2D eigenvalue weighted by molar-refractivity contribution is 7.99. The van der Waals surface area contributed by atoms with Crippen molar-refractivity contribution in [3.05, 3.63) is 57.4 Å². The average molecular weight is 604 g/mol. The number of amides is 1. The standard InChI is InChI=1S/C28H32ClN7O4S/c1-16-24(30)28(15-40-16)8-11-35(12-9-28)20-13-32-21(14-31-20)41-18-6-4-5-17(23(18)29)33-25(37)22-26(38)34-19-7-2-3-10-36(19)27(22)39/h4-6,13-14,16,24,38H,2-3,7-12,15,30H2,1H3,(H,33,37)/t16-,24+/m0/s1/i13+1,14+1,20+1,21+1,31+1,32+1. The number of carbonyl (C=O) groups excluding carboxylic acids is 1. The van der Waals surface area contributed by atoms with Gasteiger partial charge in [0.15, 0.2) is 5.56 Å². The van der Waals surface area contributed by atoms with Crippen LogP contribution in [0.1, 0.15) is 48.8 Å². The first-order valence-electron chi connectivity index (χ1n) is 13.8. The number of ether oxygens (including phenoxy) is 1. The number of anilines is 2. The zero-order chi connectivity index (χ0) is 28.7. The van der Waals surface area contributed by atoms with Gasteiger partial charge in [0.05, 0.1) is 35.8 Å². The van der Waals surface area contributed by atoms with Crippen molar-refractivity contribution in [3.63, 3.8) is 0 Å². The van der Waals surface area contributed by atoms with Crippen LogP contribution in [0.5, 0.6) is 5.88 Å². The van der Waals surface area contributed by atoms with Crippen LogP contribution in [0.2, 0.25) is 5.02 Å². The molecular weight excluding hydrogens is 572 g/mol. The van der Waals surface area contributed by atoms with Crippen LogP contribution in [-0.4, -0.2) is 62.4 Å². The minimum absolute atomic E-state index is 0.0413. The molecule has 2 atom stereocenters. The minimum Gasteiger partial charge on any atom is -0.493 e. The van der Waals surface area contributed by atoms with Gasteiger partial charge in [-0.2, -0.15) is 4.98 Å². The molecule has 2 fully saturated rings. The van der Waals surface area contributed by atoms with Crippen LogP contribution in [0.4, 0.5) is 11.5 Å². The van der Waals surface area contributed by atoms with E-state index in [0.29, 0.717) is 41.0 Å². The highest BCUT2D eigenvalue weighted by atomic mass is 35.5. The Morgan fingerprint density at radius 1 is 1.22 bits per heavy atom. The molecule has 11 nitrogen and oxygen atoms in total. The number of nitrogens with zero attached hydrogens (tertiary/aromatic N) is 5. The molecular formula is C28H32ClN7O4S. The van der Waals surface area contributed by atoms with Gasteiger partial charge < -0.3 is 25.8 Å². The van der Waals surface area contributed by atoms with Gasteiger partial charge in [0.2, 0.25) is 5.88 Å². The van der Waals surface area contributed by atoms with Crippen molar-refractivity contribution in [1.82, 2.24) is 19.5 Å². The molecule has 1 amide bonds. The zero-order valence-corrected chi connectivity index (χ0v) is 24.2. The van der Waals surface area contributed by atoms with Crippen LogP contribution >= 0.6 is 23.4 Å². The van der Waals surface area contributed by atoms with E-state index in [-0.39, 0.29) is 22.6 Å². The van der Waals surface area contributed by atoms with E-state index in [1.54, 1.807) is 24.5 Å². The summed E-state index contributed by atoms with van der Waals surface area (Å²) in [7, 11) is 0. The summed E-state index contributed by atoms with van der Waals surface area (Å²) in [6.45, 7) is 4.92. The molecule has 13 heteroatoms. The lowest BCUT2D eigenvalue weighted by atomic mass is 9.74. The van der Waals surface area contributed by atoms with E-state index in [4.69, 9.17) is 22.1 Å². The number of aromatic nitrogens is 4. The molecule has 0 radical (unpaired) electrons. The van der Waals surface area contributed by atoms with E-state index in [9.17, 15) is 14.7 Å². The third-order valence-electron chi connectivity index (χ3n) is 8.46. The molecule has 0 unspecified atom stereocenters. The lowest BCUT2D eigenvalue weighted by molar-refractivity contribution is 0.0974. The second-order valence-corrected chi connectivity index (χ2v) is 12.4. The normalized spacial score (nSPS) is 21.6. The molecule has 216 valence electrons. The van der Waals surface area contributed by atoms with Gasteiger partial charge in [-0.3, -0.25) is 14.2 Å². The van der Waals surface area contributed by atoms with E-state index >= 15 is 0 Å². The molecule has 2 saturated heterocycles. The van der Waals surface area contributed by atoms with Gasteiger partial charge in [0.25, 0.3) is 11.5 Å². The van der Waals surface area contributed by atoms with Crippen molar-refractivity contribution in [2.45, 2.75) is 67.6 Å². The van der Waals surface area contributed by atoms with Crippen LogP contribution < -0.4 is 21.5 Å². The van der Waals surface area contributed by atoms with Crippen molar-refractivity contribution < 1.29 is 14.6 Å². The monoisotopic (exact) mass is 603 g/mol. The summed E-state index contributed by atoms with van der Waals surface area (Å²) in [4.78, 5) is 42.2. The Balaban J connectivity index is 1.13. The number of aryl methyl sites for hydroxylation is 1. The molecule has 3 aliphatic heterocycles. The number of piperidine rings is 1. The zero-order valence-electron chi connectivity index (χ0n) is 22.7. The Kier molecular flexibility index (Phi) is 7.66. The van der Waals surface area contributed by atoms with Crippen molar-refractivity contribution >= 4 is 40.8 Å². The molecule has 1 aromatic carbocycles. The van der Waals surface area contributed by atoms with Gasteiger partial charge in [-0.1, -0.05) is 29.4 Å². The van der Waals surface area contributed by atoms with Gasteiger partial charge in [-0.25, -0.2) is 9.97 Å². The summed E-state index contributed by atoms with van der Waals surface area (Å²) in [5, 5.41) is 13.9. The molecule has 3 aromatic rings. The fraction of sp³-hybridized carbons (Fsp3) is 0.464. The number of benzene rings is 1. The second kappa shape index (κ2) is 11.2. The van der Waals surface area contributed by atoms with E-state index in [1.165, 1.54) is 16.3 Å². The van der Waals surface area contributed by atoms with E-state index in [1.807, 2.05) is 13.0 Å². The fourth-order valence-electron chi connectivity index (χ4n) is 5.92. The molecule has 5 heterocycles. The third kappa shape index (κ3) is 5.29. The number of fused-ring (bicyclic) bond motifs is 1. The van der Waals surface area contributed by atoms with Crippen LogP contribution in [-0.2, 0) is 17.7 Å². The maximum Gasteiger partial charge on any atom is 0.270 e. The van der Waals surface area contributed by atoms with Crippen LogP contribution in [0.15, 0.2) is 45.3 Å². The smallest absolute Gasteiger partial charge is 0.270 e. The van der Waals surface area contributed by atoms with Gasteiger partial charge in [-0.05, 0) is 44.7 Å². The summed E-state index contributed by atoms with van der Waals surface area (Å²) in [6, 6.07) is 5.24. The molecule has 3 aliphatic rings. The lowest BCUT2D eigenvalue weighted by Gasteiger charge is -2.41. The van der Waals surface area contributed by atoms with E-state index in [2.05, 4.69) is 25.2 Å². The molecule has 6 rings (SSSR count). The fourth-order valence-corrected chi connectivity index (χ4v) is 6.99. The SMILES string of the molecule is C[C@@H]1OCC2(CCN([13c]3[13cH][15n][13c](Sc4cccc(NC(=O)c5c(O)nc6n(c5=O)CCCC6)c4Cl)[13cH][15n]3)CC2)[C@@H]1N. The molecule has 0 aliphatic carbocycles. The summed E-state index contributed by atoms with van der Waals surface area (Å²) >= 11 is 7.96. The summed E-state index contributed by atoms with van der Waals surface area (Å²) in [5.74, 6) is -0.0422. The van der Waals surface area contributed by atoms with Crippen LogP contribution in [0.25, 0.3) is 0 Å². The van der Waals surface area contributed by atoms with Crippen molar-refractivity contribution in [2.75, 3.05) is 29.9 Å². The Bertz CT molecular complexity index is 1530. The quantitative estimate of drug-likeness (QED) is 0.396. The lowest BCUT2D eigenvalue weighted by Crippen LogP contribution is -2.50. The maximum absolute atomic E-state index is 13.0.